The maximum absolute atomic E-state index is 12.3. The Kier molecular flexibility index (Phi) is 4.68. The first-order valence-corrected chi connectivity index (χ1v) is 8.69. The molecule has 4 nitrogen and oxygen atoms in total. The van der Waals surface area contributed by atoms with E-state index in [-0.39, 0.29) is 16.9 Å². The lowest BCUT2D eigenvalue weighted by atomic mass is 9.87. The predicted octanol–water partition coefficient (Wildman–Crippen LogP) is 3.17. The van der Waals surface area contributed by atoms with Crippen LogP contribution in [0.2, 0.25) is 0 Å². The van der Waals surface area contributed by atoms with E-state index in [9.17, 15) is 8.42 Å². The topological polar surface area (TPSA) is 59.1 Å². The molecule has 2 aromatic rings. The van der Waals surface area contributed by atoms with Crippen LogP contribution in [0.1, 0.15) is 37.7 Å². The van der Waals surface area contributed by atoms with Gasteiger partial charge >= 0.3 is 0 Å². The minimum Gasteiger partial charge on any atom is -0.257 e. The number of pyridine rings is 1. The SMILES string of the molecule is Cc1cccc(CNS(=O)(=O)c2ccc(C(C)(C)C)cc2)n1. The van der Waals surface area contributed by atoms with Gasteiger partial charge in [0.1, 0.15) is 0 Å². The minimum atomic E-state index is -3.52. The van der Waals surface area contributed by atoms with Gasteiger partial charge in [0.05, 0.1) is 17.1 Å². The second-order valence-corrected chi connectivity index (χ2v) is 8.14. The fraction of sp³-hybridized carbons (Fsp3) is 0.353. The molecule has 1 aromatic heterocycles. The molecule has 2 rings (SSSR count). The van der Waals surface area contributed by atoms with E-state index in [1.54, 1.807) is 18.2 Å². The Hall–Kier alpha value is -1.72. The molecule has 5 heteroatoms. The zero-order valence-electron chi connectivity index (χ0n) is 13.4. The van der Waals surface area contributed by atoms with E-state index in [0.29, 0.717) is 5.69 Å². The average molecular weight is 318 g/mol. The third kappa shape index (κ3) is 4.15. The summed E-state index contributed by atoms with van der Waals surface area (Å²) in [6, 6.07) is 12.6. The molecule has 0 saturated carbocycles. The van der Waals surface area contributed by atoms with Crippen LogP contribution in [0.5, 0.6) is 0 Å². The van der Waals surface area contributed by atoms with Gasteiger partial charge in [0.15, 0.2) is 0 Å². The number of sulfonamides is 1. The number of hydrogen-bond acceptors (Lipinski definition) is 3. The number of aromatic nitrogens is 1. The molecule has 0 amide bonds. The van der Waals surface area contributed by atoms with Gasteiger partial charge in [-0.1, -0.05) is 39.0 Å². The van der Waals surface area contributed by atoms with Gasteiger partial charge in [-0.05, 0) is 42.2 Å². The number of nitrogens with zero attached hydrogens (tertiary/aromatic N) is 1. The van der Waals surface area contributed by atoms with Gasteiger partial charge in [0, 0.05) is 5.69 Å². The van der Waals surface area contributed by atoms with Gasteiger partial charge in [-0.15, -0.1) is 0 Å². The highest BCUT2D eigenvalue weighted by atomic mass is 32.2. The summed E-state index contributed by atoms with van der Waals surface area (Å²) in [5.41, 5.74) is 2.68. The molecule has 0 aliphatic rings. The van der Waals surface area contributed by atoms with Crippen LogP contribution in [0.4, 0.5) is 0 Å². The summed E-state index contributed by atoms with van der Waals surface area (Å²) in [7, 11) is -3.52. The second kappa shape index (κ2) is 6.18. The van der Waals surface area contributed by atoms with Crippen molar-refractivity contribution in [3.63, 3.8) is 0 Å². The zero-order chi connectivity index (χ0) is 16.4. The monoisotopic (exact) mass is 318 g/mol. The van der Waals surface area contributed by atoms with E-state index in [1.165, 1.54) is 0 Å². The molecule has 0 aliphatic carbocycles. The third-order valence-corrected chi connectivity index (χ3v) is 4.84. The lowest BCUT2D eigenvalue weighted by Crippen LogP contribution is -2.24. The molecular weight excluding hydrogens is 296 g/mol. The molecule has 0 fully saturated rings. The summed E-state index contributed by atoms with van der Waals surface area (Å²) >= 11 is 0. The highest BCUT2D eigenvalue weighted by molar-refractivity contribution is 7.89. The van der Waals surface area contributed by atoms with Crippen molar-refractivity contribution < 1.29 is 8.42 Å². The number of hydrogen-bond donors (Lipinski definition) is 1. The first kappa shape index (κ1) is 16.6. The summed E-state index contributed by atoms with van der Waals surface area (Å²) in [4.78, 5) is 4.56. The van der Waals surface area contributed by atoms with E-state index in [2.05, 4.69) is 30.5 Å². The summed E-state index contributed by atoms with van der Waals surface area (Å²) in [6.45, 7) is 8.35. The molecule has 0 spiro atoms. The molecule has 22 heavy (non-hydrogen) atoms. The van der Waals surface area contributed by atoms with Crippen LogP contribution in [0, 0.1) is 6.92 Å². The summed E-state index contributed by atoms with van der Waals surface area (Å²) in [6.07, 6.45) is 0. The summed E-state index contributed by atoms with van der Waals surface area (Å²) in [5.74, 6) is 0. The molecule has 0 aliphatic heterocycles. The Labute approximate surface area is 132 Å². The van der Waals surface area contributed by atoms with Crippen molar-refractivity contribution in [3.05, 3.63) is 59.4 Å². The Bertz CT molecular complexity index is 745. The first-order valence-electron chi connectivity index (χ1n) is 7.21. The number of aryl methyl sites for hydroxylation is 1. The van der Waals surface area contributed by atoms with Crippen molar-refractivity contribution in [3.8, 4) is 0 Å². The van der Waals surface area contributed by atoms with Crippen molar-refractivity contribution in [1.82, 2.24) is 9.71 Å². The van der Waals surface area contributed by atoms with Gasteiger partial charge in [0.2, 0.25) is 10.0 Å². The standard InChI is InChI=1S/C17H22N2O2S/c1-13-6-5-7-15(19-13)12-18-22(20,21)16-10-8-14(9-11-16)17(2,3)4/h5-11,18H,12H2,1-4H3. The highest BCUT2D eigenvalue weighted by Gasteiger charge is 2.17. The maximum Gasteiger partial charge on any atom is 0.240 e. The van der Waals surface area contributed by atoms with Gasteiger partial charge in [-0.3, -0.25) is 4.98 Å². The van der Waals surface area contributed by atoms with Crippen LogP contribution < -0.4 is 4.72 Å². The highest BCUT2D eigenvalue weighted by Crippen LogP contribution is 2.23. The van der Waals surface area contributed by atoms with Crippen LogP contribution in [0.15, 0.2) is 47.4 Å². The molecule has 0 radical (unpaired) electrons. The molecule has 0 saturated heterocycles. The third-order valence-electron chi connectivity index (χ3n) is 3.42. The Balaban J connectivity index is 2.13. The maximum atomic E-state index is 12.3. The van der Waals surface area contributed by atoms with Crippen molar-refractivity contribution in [2.24, 2.45) is 0 Å². The second-order valence-electron chi connectivity index (χ2n) is 6.37. The quantitative estimate of drug-likeness (QED) is 0.942. The van der Waals surface area contributed by atoms with Crippen LogP contribution in [0.25, 0.3) is 0 Å². The fourth-order valence-corrected chi connectivity index (χ4v) is 3.08. The lowest BCUT2D eigenvalue weighted by molar-refractivity contribution is 0.577. The Morgan fingerprint density at radius 2 is 1.68 bits per heavy atom. The molecule has 0 atom stereocenters. The van der Waals surface area contributed by atoms with Crippen LogP contribution in [-0.2, 0) is 22.0 Å². The van der Waals surface area contributed by atoms with Crippen molar-refractivity contribution in [2.75, 3.05) is 0 Å². The molecule has 1 aromatic carbocycles. The van der Waals surface area contributed by atoms with E-state index in [1.807, 2.05) is 31.2 Å². The van der Waals surface area contributed by atoms with Crippen molar-refractivity contribution in [1.29, 1.82) is 0 Å². The Morgan fingerprint density at radius 3 is 2.23 bits per heavy atom. The normalized spacial score (nSPS) is 12.4. The van der Waals surface area contributed by atoms with Gasteiger partial charge in [0.25, 0.3) is 0 Å². The minimum absolute atomic E-state index is 0.00120. The summed E-state index contributed by atoms with van der Waals surface area (Å²) < 4.78 is 27.2. The lowest BCUT2D eigenvalue weighted by Gasteiger charge is -2.19. The number of nitrogens with one attached hydrogen (secondary N) is 1. The zero-order valence-corrected chi connectivity index (χ0v) is 14.2. The van der Waals surface area contributed by atoms with Gasteiger partial charge in [-0.2, -0.15) is 0 Å². The molecule has 1 N–H and O–H groups in total. The van der Waals surface area contributed by atoms with Crippen LogP contribution >= 0.6 is 0 Å². The van der Waals surface area contributed by atoms with E-state index < -0.39 is 10.0 Å². The first-order chi connectivity index (χ1) is 10.2. The van der Waals surface area contributed by atoms with E-state index >= 15 is 0 Å². The van der Waals surface area contributed by atoms with Gasteiger partial charge in [-0.25, -0.2) is 13.1 Å². The fourth-order valence-electron chi connectivity index (χ4n) is 2.08. The number of rotatable bonds is 4. The van der Waals surface area contributed by atoms with Crippen molar-refractivity contribution >= 4 is 10.0 Å². The molecule has 1 heterocycles. The predicted molar refractivity (Wildman–Crippen MR) is 88.1 cm³/mol. The summed E-state index contributed by atoms with van der Waals surface area (Å²) in [5, 5.41) is 0. The number of benzene rings is 1. The van der Waals surface area contributed by atoms with Crippen LogP contribution in [-0.4, -0.2) is 13.4 Å². The van der Waals surface area contributed by atoms with Crippen LogP contribution in [0.3, 0.4) is 0 Å². The van der Waals surface area contributed by atoms with E-state index in [4.69, 9.17) is 0 Å². The smallest absolute Gasteiger partial charge is 0.240 e. The average Bonchev–Trinajstić information content (AvgIpc) is 2.45. The van der Waals surface area contributed by atoms with Crippen molar-refractivity contribution in [2.45, 2.75) is 44.6 Å². The molecular formula is C17H22N2O2S. The molecule has 0 unspecified atom stereocenters. The van der Waals surface area contributed by atoms with Gasteiger partial charge < -0.3 is 0 Å². The largest absolute Gasteiger partial charge is 0.257 e. The molecule has 0 bridgehead atoms. The Morgan fingerprint density at radius 1 is 1.05 bits per heavy atom. The van der Waals surface area contributed by atoms with E-state index in [0.717, 1.165) is 11.3 Å². The molecule has 118 valence electrons.